The molecule has 0 aliphatic heterocycles. The molecule has 2 rings (SSSR count). The average molecular weight is 172 g/mol. The molecule has 13 heavy (non-hydrogen) atoms. The Kier molecular flexibility index (Phi) is 1.89. The number of benzene rings is 1. The van der Waals surface area contributed by atoms with Gasteiger partial charge >= 0.3 is 0 Å². The van der Waals surface area contributed by atoms with Crippen LogP contribution in [0.15, 0.2) is 30.5 Å². The van der Waals surface area contributed by atoms with Crippen molar-refractivity contribution in [3.05, 3.63) is 36.0 Å². The third-order valence-corrected chi connectivity index (χ3v) is 2.11. The second-order valence-corrected chi connectivity index (χ2v) is 3.17. The molecule has 1 aromatic carbocycles. The van der Waals surface area contributed by atoms with Gasteiger partial charge in [-0.2, -0.15) is 0 Å². The standard InChI is InChI=1S/C11H12N2/c1-8-5-9-3-4-10(12-2)6-11(9)13-7-8/h3-7,12H,1-2H3. The molecular weight excluding hydrogens is 160 g/mol. The van der Waals surface area contributed by atoms with Crippen LogP contribution in [0, 0.1) is 6.92 Å². The van der Waals surface area contributed by atoms with Gasteiger partial charge in [-0.05, 0) is 30.7 Å². The minimum Gasteiger partial charge on any atom is -0.388 e. The Morgan fingerprint density at radius 2 is 2.08 bits per heavy atom. The van der Waals surface area contributed by atoms with E-state index in [-0.39, 0.29) is 0 Å². The van der Waals surface area contributed by atoms with Crippen molar-refractivity contribution < 1.29 is 0 Å². The maximum Gasteiger partial charge on any atom is 0.0722 e. The van der Waals surface area contributed by atoms with Crippen molar-refractivity contribution in [2.45, 2.75) is 6.92 Å². The fraction of sp³-hybridized carbons (Fsp3) is 0.182. The summed E-state index contributed by atoms with van der Waals surface area (Å²) in [5, 5.41) is 4.29. The Morgan fingerprint density at radius 3 is 2.85 bits per heavy atom. The molecule has 0 radical (unpaired) electrons. The number of hydrogen-bond acceptors (Lipinski definition) is 2. The van der Waals surface area contributed by atoms with E-state index >= 15 is 0 Å². The van der Waals surface area contributed by atoms with Crippen molar-refractivity contribution in [2.75, 3.05) is 12.4 Å². The highest BCUT2D eigenvalue weighted by Crippen LogP contribution is 2.17. The summed E-state index contributed by atoms with van der Waals surface area (Å²) in [6, 6.07) is 8.33. The largest absolute Gasteiger partial charge is 0.388 e. The summed E-state index contributed by atoms with van der Waals surface area (Å²) in [6.07, 6.45) is 1.89. The molecule has 2 nitrogen and oxygen atoms in total. The first-order valence-electron chi connectivity index (χ1n) is 4.34. The highest BCUT2D eigenvalue weighted by atomic mass is 14.8. The molecule has 0 spiro atoms. The van der Waals surface area contributed by atoms with E-state index in [4.69, 9.17) is 0 Å². The molecule has 0 fully saturated rings. The smallest absolute Gasteiger partial charge is 0.0722 e. The van der Waals surface area contributed by atoms with Gasteiger partial charge in [0.15, 0.2) is 0 Å². The van der Waals surface area contributed by atoms with Crippen molar-refractivity contribution >= 4 is 16.6 Å². The normalized spacial score (nSPS) is 10.3. The van der Waals surface area contributed by atoms with Gasteiger partial charge < -0.3 is 5.32 Å². The first-order chi connectivity index (χ1) is 6.29. The van der Waals surface area contributed by atoms with Gasteiger partial charge in [-0.25, -0.2) is 0 Å². The molecule has 0 amide bonds. The van der Waals surface area contributed by atoms with E-state index in [0.717, 1.165) is 11.2 Å². The van der Waals surface area contributed by atoms with Gasteiger partial charge in [-0.1, -0.05) is 6.07 Å². The summed E-state index contributed by atoms with van der Waals surface area (Å²) in [5.41, 5.74) is 3.34. The van der Waals surface area contributed by atoms with Gasteiger partial charge in [0, 0.05) is 24.3 Å². The number of aryl methyl sites for hydroxylation is 1. The fourth-order valence-electron chi connectivity index (χ4n) is 1.39. The number of nitrogens with zero attached hydrogens (tertiary/aromatic N) is 1. The first kappa shape index (κ1) is 8.05. The maximum atomic E-state index is 4.35. The van der Waals surface area contributed by atoms with Gasteiger partial charge in [0.25, 0.3) is 0 Å². The minimum atomic E-state index is 1.04. The number of rotatable bonds is 1. The molecule has 0 aliphatic carbocycles. The molecule has 66 valence electrons. The summed E-state index contributed by atoms with van der Waals surface area (Å²) in [5.74, 6) is 0. The van der Waals surface area contributed by atoms with Crippen LogP contribution >= 0.6 is 0 Å². The van der Waals surface area contributed by atoms with Crippen LogP contribution in [0.3, 0.4) is 0 Å². The van der Waals surface area contributed by atoms with Crippen LogP contribution in [0.4, 0.5) is 5.69 Å². The Bertz CT molecular complexity index is 435. The molecule has 2 heteroatoms. The first-order valence-corrected chi connectivity index (χ1v) is 4.34. The zero-order valence-corrected chi connectivity index (χ0v) is 7.83. The van der Waals surface area contributed by atoms with Crippen LogP contribution < -0.4 is 5.32 Å². The van der Waals surface area contributed by atoms with E-state index in [1.165, 1.54) is 10.9 Å². The molecule has 0 aliphatic rings. The second-order valence-electron chi connectivity index (χ2n) is 3.17. The Labute approximate surface area is 77.6 Å². The zero-order chi connectivity index (χ0) is 9.26. The summed E-state index contributed by atoms with van der Waals surface area (Å²) in [6.45, 7) is 2.05. The Morgan fingerprint density at radius 1 is 1.23 bits per heavy atom. The number of fused-ring (bicyclic) bond motifs is 1. The van der Waals surface area contributed by atoms with Crippen LogP contribution in [0.2, 0.25) is 0 Å². The van der Waals surface area contributed by atoms with Crippen LogP contribution in [-0.4, -0.2) is 12.0 Å². The molecular formula is C11H12N2. The van der Waals surface area contributed by atoms with E-state index in [9.17, 15) is 0 Å². The molecule has 0 unspecified atom stereocenters. The van der Waals surface area contributed by atoms with Crippen LogP contribution in [-0.2, 0) is 0 Å². The van der Waals surface area contributed by atoms with Crippen molar-refractivity contribution in [3.63, 3.8) is 0 Å². The summed E-state index contributed by atoms with van der Waals surface area (Å²) in [7, 11) is 1.91. The second kappa shape index (κ2) is 3.05. The van der Waals surface area contributed by atoms with Crippen molar-refractivity contribution in [1.29, 1.82) is 0 Å². The highest BCUT2D eigenvalue weighted by Gasteiger charge is 1.95. The van der Waals surface area contributed by atoms with E-state index in [0.29, 0.717) is 0 Å². The lowest BCUT2D eigenvalue weighted by Gasteiger charge is -2.02. The highest BCUT2D eigenvalue weighted by molar-refractivity contribution is 5.82. The fourth-order valence-corrected chi connectivity index (χ4v) is 1.39. The van der Waals surface area contributed by atoms with Crippen molar-refractivity contribution in [1.82, 2.24) is 4.98 Å². The molecule has 0 saturated heterocycles. The summed E-state index contributed by atoms with van der Waals surface area (Å²) in [4.78, 5) is 4.35. The number of pyridine rings is 1. The topological polar surface area (TPSA) is 24.9 Å². The summed E-state index contributed by atoms with van der Waals surface area (Å²) >= 11 is 0. The van der Waals surface area contributed by atoms with Gasteiger partial charge in [0.1, 0.15) is 0 Å². The SMILES string of the molecule is CNc1ccc2cc(C)cnc2c1. The Hall–Kier alpha value is -1.57. The van der Waals surface area contributed by atoms with Gasteiger partial charge in [-0.3, -0.25) is 4.98 Å². The monoisotopic (exact) mass is 172 g/mol. The lowest BCUT2D eigenvalue weighted by molar-refractivity contribution is 1.33. The number of anilines is 1. The quantitative estimate of drug-likeness (QED) is 0.715. The van der Waals surface area contributed by atoms with Crippen molar-refractivity contribution in [2.24, 2.45) is 0 Å². The molecule has 1 aromatic heterocycles. The van der Waals surface area contributed by atoms with E-state index in [1.54, 1.807) is 0 Å². The maximum absolute atomic E-state index is 4.35. The van der Waals surface area contributed by atoms with Gasteiger partial charge in [0.05, 0.1) is 5.52 Å². The lowest BCUT2D eigenvalue weighted by atomic mass is 10.1. The molecule has 0 bridgehead atoms. The Balaban J connectivity index is 2.66. The minimum absolute atomic E-state index is 1.04. The third kappa shape index (κ3) is 1.47. The number of hydrogen-bond donors (Lipinski definition) is 1. The van der Waals surface area contributed by atoms with Crippen LogP contribution in [0.25, 0.3) is 10.9 Å². The third-order valence-electron chi connectivity index (χ3n) is 2.11. The van der Waals surface area contributed by atoms with Crippen molar-refractivity contribution in [3.8, 4) is 0 Å². The number of aromatic nitrogens is 1. The molecule has 1 N–H and O–H groups in total. The molecule has 0 atom stereocenters. The van der Waals surface area contributed by atoms with Crippen LogP contribution in [0.1, 0.15) is 5.56 Å². The summed E-state index contributed by atoms with van der Waals surface area (Å²) < 4.78 is 0. The predicted octanol–water partition coefficient (Wildman–Crippen LogP) is 2.58. The predicted molar refractivity (Wildman–Crippen MR) is 56.0 cm³/mol. The van der Waals surface area contributed by atoms with Gasteiger partial charge in [-0.15, -0.1) is 0 Å². The van der Waals surface area contributed by atoms with E-state index in [1.807, 2.05) is 13.2 Å². The van der Waals surface area contributed by atoms with E-state index < -0.39 is 0 Å². The zero-order valence-electron chi connectivity index (χ0n) is 7.83. The number of nitrogens with one attached hydrogen (secondary N) is 1. The molecule has 0 saturated carbocycles. The average Bonchev–Trinajstić information content (AvgIpc) is 2.17. The molecule has 2 aromatic rings. The van der Waals surface area contributed by atoms with Crippen LogP contribution in [0.5, 0.6) is 0 Å². The van der Waals surface area contributed by atoms with Gasteiger partial charge in [0.2, 0.25) is 0 Å². The lowest BCUT2D eigenvalue weighted by Crippen LogP contribution is -1.88. The van der Waals surface area contributed by atoms with E-state index in [2.05, 4.69) is 41.5 Å². The molecule has 1 heterocycles.